The van der Waals surface area contributed by atoms with Crippen LogP contribution in [0.1, 0.15) is 12.0 Å². The van der Waals surface area contributed by atoms with Gasteiger partial charge in [0.1, 0.15) is 0 Å². The second kappa shape index (κ2) is 9.97. The van der Waals surface area contributed by atoms with Crippen molar-refractivity contribution in [3.05, 3.63) is 35.9 Å². The lowest BCUT2D eigenvalue weighted by Crippen LogP contribution is -2.42. The van der Waals surface area contributed by atoms with E-state index in [9.17, 15) is 9.59 Å². The zero-order chi connectivity index (χ0) is 16.3. The summed E-state index contributed by atoms with van der Waals surface area (Å²) in [6, 6.07) is 9.86. The minimum Gasteiger partial charge on any atom is -0.379 e. The summed E-state index contributed by atoms with van der Waals surface area (Å²) < 4.78 is 5.28. The first kappa shape index (κ1) is 17.4. The average molecular weight is 319 g/mol. The molecule has 0 aromatic heterocycles. The zero-order valence-electron chi connectivity index (χ0n) is 13.4. The van der Waals surface area contributed by atoms with Crippen molar-refractivity contribution >= 4 is 11.8 Å². The molecule has 1 fully saturated rings. The predicted octanol–water partition coefficient (Wildman–Crippen LogP) is 0.184. The number of hydrogen-bond acceptors (Lipinski definition) is 4. The molecule has 2 N–H and O–H groups in total. The van der Waals surface area contributed by atoms with Crippen molar-refractivity contribution in [1.82, 2.24) is 15.5 Å². The number of nitrogens with one attached hydrogen (secondary N) is 2. The maximum absolute atomic E-state index is 11.7. The molecule has 0 bridgehead atoms. The summed E-state index contributed by atoms with van der Waals surface area (Å²) in [7, 11) is 0. The molecule has 6 nitrogen and oxygen atoms in total. The molecular formula is C17H25N3O3. The topological polar surface area (TPSA) is 70.7 Å². The van der Waals surface area contributed by atoms with E-state index in [-0.39, 0.29) is 0 Å². The number of morpholine rings is 1. The van der Waals surface area contributed by atoms with Crippen LogP contribution in [0.3, 0.4) is 0 Å². The fourth-order valence-corrected chi connectivity index (χ4v) is 2.45. The molecule has 0 unspecified atom stereocenters. The quantitative estimate of drug-likeness (QED) is 0.556. The van der Waals surface area contributed by atoms with Crippen molar-refractivity contribution in [1.29, 1.82) is 0 Å². The van der Waals surface area contributed by atoms with Crippen LogP contribution >= 0.6 is 0 Å². The fourth-order valence-electron chi connectivity index (χ4n) is 2.45. The normalized spacial score (nSPS) is 15.1. The van der Waals surface area contributed by atoms with Crippen LogP contribution in [-0.4, -0.2) is 62.7 Å². The molecule has 1 saturated heterocycles. The van der Waals surface area contributed by atoms with Gasteiger partial charge in [0.05, 0.1) is 13.2 Å². The maximum Gasteiger partial charge on any atom is 0.309 e. The summed E-state index contributed by atoms with van der Waals surface area (Å²) in [4.78, 5) is 25.7. The first-order valence-electron chi connectivity index (χ1n) is 8.16. The molecule has 0 radical (unpaired) electrons. The van der Waals surface area contributed by atoms with Crippen LogP contribution < -0.4 is 10.6 Å². The minimum atomic E-state index is -0.563. The van der Waals surface area contributed by atoms with Gasteiger partial charge in [0.25, 0.3) is 0 Å². The summed E-state index contributed by atoms with van der Waals surface area (Å²) in [6.45, 7) is 5.32. The third-order valence-electron chi connectivity index (χ3n) is 3.79. The molecular weight excluding hydrogens is 294 g/mol. The number of benzene rings is 1. The van der Waals surface area contributed by atoms with Gasteiger partial charge >= 0.3 is 11.8 Å². The molecule has 0 aliphatic carbocycles. The van der Waals surface area contributed by atoms with Gasteiger partial charge in [-0.25, -0.2) is 0 Å². The summed E-state index contributed by atoms with van der Waals surface area (Å²) >= 11 is 0. The van der Waals surface area contributed by atoms with Crippen molar-refractivity contribution in [3.63, 3.8) is 0 Å². The summed E-state index contributed by atoms with van der Waals surface area (Å²) in [5.41, 5.74) is 1.14. The van der Waals surface area contributed by atoms with Crippen LogP contribution in [0.5, 0.6) is 0 Å². The first-order valence-corrected chi connectivity index (χ1v) is 8.16. The minimum absolute atomic E-state index is 0.462. The Kier molecular flexibility index (Phi) is 7.56. The smallest absolute Gasteiger partial charge is 0.309 e. The molecule has 1 aliphatic heterocycles. The van der Waals surface area contributed by atoms with E-state index in [1.54, 1.807) is 0 Å². The Morgan fingerprint density at radius 3 is 2.35 bits per heavy atom. The Morgan fingerprint density at radius 2 is 1.65 bits per heavy atom. The van der Waals surface area contributed by atoms with Crippen molar-refractivity contribution in [2.75, 3.05) is 45.9 Å². The number of ether oxygens (including phenoxy) is 1. The monoisotopic (exact) mass is 319 g/mol. The van der Waals surface area contributed by atoms with Crippen molar-refractivity contribution in [2.24, 2.45) is 0 Å². The second-order valence-electron chi connectivity index (χ2n) is 5.55. The number of rotatable bonds is 7. The molecule has 2 amide bonds. The molecule has 2 rings (SSSR count). The molecule has 23 heavy (non-hydrogen) atoms. The zero-order valence-corrected chi connectivity index (χ0v) is 13.4. The Hall–Kier alpha value is -1.92. The molecule has 0 saturated carbocycles. The maximum atomic E-state index is 11.7. The molecule has 0 atom stereocenters. The molecule has 126 valence electrons. The lowest BCUT2D eigenvalue weighted by molar-refractivity contribution is -0.139. The third-order valence-corrected chi connectivity index (χ3v) is 3.79. The Labute approximate surface area is 137 Å². The summed E-state index contributed by atoms with van der Waals surface area (Å²) in [6.07, 6.45) is 1.56. The number of carbonyl (C=O) groups excluding carboxylic acids is 2. The SMILES string of the molecule is O=C(NCCCN1CCOCC1)C(=O)NCCc1ccccc1. The summed E-state index contributed by atoms with van der Waals surface area (Å²) in [5, 5.41) is 5.31. The predicted molar refractivity (Wildman–Crippen MR) is 88.0 cm³/mol. The Balaban J connectivity index is 1.53. The van der Waals surface area contributed by atoms with E-state index in [1.807, 2.05) is 30.3 Å². The lowest BCUT2D eigenvalue weighted by atomic mass is 10.1. The van der Waals surface area contributed by atoms with E-state index in [0.29, 0.717) is 13.1 Å². The third kappa shape index (κ3) is 6.80. The highest BCUT2D eigenvalue weighted by molar-refractivity contribution is 6.35. The van der Waals surface area contributed by atoms with Gasteiger partial charge in [-0.3, -0.25) is 14.5 Å². The standard InChI is InChI=1S/C17H25N3O3/c21-16(18-8-4-10-20-11-13-23-14-12-20)17(22)19-9-7-15-5-2-1-3-6-15/h1-3,5-6H,4,7-14H2,(H,18,21)(H,19,22). The van der Waals surface area contributed by atoms with E-state index in [0.717, 1.165) is 51.3 Å². The van der Waals surface area contributed by atoms with Gasteiger partial charge in [0.2, 0.25) is 0 Å². The van der Waals surface area contributed by atoms with Gasteiger partial charge in [-0.1, -0.05) is 30.3 Å². The molecule has 0 spiro atoms. The second-order valence-corrected chi connectivity index (χ2v) is 5.55. The Bertz CT molecular complexity index is 487. The van der Waals surface area contributed by atoms with Crippen molar-refractivity contribution in [3.8, 4) is 0 Å². The van der Waals surface area contributed by atoms with Crippen LogP contribution in [0.2, 0.25) is 0 Å². The average Bonchev–Trinajstić information content (AvgIpc) is 2.60. The Morgan fingerprint density at radius 1 is 1.00 bits per heavy atom. The lowest BCUT2D eigenvalue weighted by Gasteiger charge is -2.26. The number of carbonyl (C=O) groups is 2. The van der Waals surface area contributed by atoms with E-state index >= 15 is 0 Å². The van der Waals surface area contributed by atoms with E-state index in [2.05, 4.69) is 15.5 Å². The van der Waals surface area contributed by atoms with Crippen LogP contribution in [0.25, 0.3) is 0 Å². The van der Waals surface area contributed by atoms with Crippen LogP contribution in [-0.2, 0) is 20.7 Å². The van der Waals surface area contributed by atoms with E-state index in [4.69, 9.17) is 4.74 Å². The van der Waals surface area contributed by atoms with E-state index < -0.39 is 11.8 Å². The van der Waals surface area contributed by atoms with Gasteiger partial charge in [-0.15, -0.1) is 0 Å². The highest BCUT2D eigenvalue weighted by atomic mass is 16.5. The number of amides is 2. The number of nitrogens with zero attached hydrogens (tertiary/aromatic N) is 1. The first-order chi connectivity index (χ1) is 11.3. The van der Waals surface area contributed by atoms with Gasteiger partial charge < -0.3 is 15.4 Å². The molecule has 1 aromatic rings. The molecule has 6 heteroatoms. The van der Waals surface area contributed by atoms with Crippen molar-refractivity contribution < 1.29 is 14.3 Å². The summed E-state index contributed by atoms with van der Waals surface area (Å²) in [5.74, 6) is -1.12. The van der Waals surface area contributed by atoms with Gasteiger partial charge in [-0.05, 0) is 24.9 Å². The molecule has 1 aliphatic rings. The van der Waals surface area contributed by atoms with Crippen molar-refractivity contribution in [2.45, 2.75) is 12.8 Å². The van der Waals surface area contributed by atoms with Gasteiger partial charge in [0.15, 0.2) is 0 Å². The highest BCUT2D eigenvalue weighted by Crippen LogP contribution is 1.98. The number of hydrogen-bond donors (Lipinski definition) is 2. The fraction of sp³-hybridized carbons (Fsp3) is 0.529. The van der Waals surface area contributed by atoms with Crippen LogP contribution in [0.15, 0.2) is 30.3 Å². The van der Waals surface area contributed by atoms with Crippen LogP contribution in [0, 0.1) is 0 Å². The molecule has 1 heterocycles. The van der Waals surface area contributed by atoms with Gasteiger partial charge in [0, 0.05) is 26.2 Å². The van der Waals surface area contributed by atoms with E-state index in [1.165, 1.54) is 0 Å². The highest BCUT2D eigenvalue weighted by Gasteiger charge is 2.13. The van der Waals surface area contributed by atoms with Gasteiger partial charge in [-0.2, -0.15) is 0 Å². The van der Waals surface area contributed by atoms with Crippen LogP contribution in [0.4, 0.5) is 0 Å². The molecule has 1 aromatic carbocycles. The largest absolute Gasteiger partial charge is 0.379 e.